The lowest BCUT2D eigenvalue weighted by atomic mass is 10.2. The topological polar surface area (TPSA) is 101 Å². The maximum Gasteiger partial charge on any atom is 0.332 e. The number of carboxylic acid groups (broad SMARTS) is 2. The Balaban J connectivity index is -0.000000310. The molecule has 0 rings (SSSR count). The summed E-state index contributed by atoms with van der Waals surface area (Å²) in [5.74, 6) is -2.02. The summed E-state index contributed by atoms with van der Waals surface area (Å²) in [6.07, 6.45) is 8.74. The molecule has 0 fully saturated rings. The van der Waals surface area contributed by atoms with Crippen LogP contribution in [0.25, 0.3) is 0 Å². The van der Waals surface area contributed by atoms with Crippen molar-refractivity contribution < 1.29 is 29.3 Å². The van der Waals surface area contributed by atoms with Crippen LogP contribution < -0.4 is 0 Å². The fourth-order valence-corrected chi connectivity index (χ4v) is 1.13. The first-order valence-electron chi connectivity index (χ1n) is 8.19. The van der Waals surface area contributed by atoms with Crippen LogP contribution in [0.15, 0.2) is 48.1 Å². The van der Waals surface area contributed by atoms with E-state index in [4.69, 9.17) is 10.2 Å². The molecule has 0 spiro atoms. The first kappa shape index (κ1) is 28.2. The Labute approximate surface area is 156 Å². The van der Waals surface area contributed by atoms with Gasteiger partial charge in [-0.2, -0.15) is 0 Å². The normalized spacial score (nSPS) is 10.3. The van der Waals surface area contributed by atoms with Crippen molar-refractivity contribution >= 4 is 17.9 Å². The fourth-order valence-electron chi connectivity index (χ4n) is 1.13. The maximum absolute atomic E-state index is 10.2. The number of ether oxygens (including phenoxy) is 1. The van der Waals surface area contributed by atoms with E-state index in [-0.39, 0.29) is 5.97 Å². The van der Waals surface area contributed by atoms with Crippen LogP contribution in [-0.2, 0) is 19.1 Å². The zero-order valence-electron chi connectivity index (χ0n) is 16.5. The Kier molecular flexibility index (Phi) is 20.3. The summed E-state index contributed by atoms with van der Waals surface area (Å²) >= 11 is 0. The van der Waals surface area contributed by atoms with Crippen LogP contribution in [-0.4, -0.2) is 35.2 Å². The molecule has 0 saturated carbocycles. The maximum atomic E-state index is 10.2. The number of hydrogen-bond donors (Lipinski definition) is 2. The number of carbonyl (C=O) groups excluding carboxylic acids is 1. The van der Waals surface area contributed by atoms with Crippen molar-refractivity contribution in [3.8, 4) is 0 Å². The Morgan fingerprint density at radius 2 is 1.46 bits per heavy atom. The molecule has 0 aliphatic carbocycles. The third-order valence-electron chi connectivity index (χ3n) is 2.81. The summed E-state index contributed by atoms with van der Waals surface area (Å²) in [6, 6.07) is 0. The minimum absolute atomic E-state index is 0.347. The van der Waals surface area contributed by atoms with E-state index in [1.807, 2.05) is 0 Å². The highest BCUT2D eigenvalue weighted by atomic mass is 16.5. The summed E-state index contributed by atoms with van der Waals surface area (Å²) in [7, 11) is 1.33. The summed E-state index contributed by atoms with van der Waals surface area (Å²) in [4.78, 5) is 30.5. The van der Waals surface area contributed by atoms with Gasteiger partial charge in [0, 0.05) is 16.7 Å². The van der Waals surface area contributed by atoms with Crippen LogP contribution in [0.2, 0.25) is 0 Å². The Hall–Kier alpha value is -2.63. The molecule has 0 heterocycles. The third kappa shape index (κ3) is 21.4. The summed E-state index contributed by atoms with van der Waals surface area (Å²) < 4.78 is 4.27. The van der Waals surface area contributed by atoms with Gasteiger partial charge in [-0.3, -0.25) is 0 Å². The van der Waals surface area contributed by atoms with Crippen LogP contribution in [0.1, 0.15) is 53.4 Å². The number of hydrogen-bond acceptors (Lipinski definition) is 4. The lowest BCUT2D eigenvalue weighted by molar-refractivity contribution is -0.136. The van der Waals surface area contributed by atoms with Crippen molar-refractivity contribution in [1.82, 2.24) is 0 Å². The zero-order chi connectivity index (χ0) is 21.1. The number of allylic oxidation sites excluding steroid dienone is 3. The quantitative estimate of drug-likeness (QED) is 0.282. The molecule has 0 aromatic heterocycles. The molecule has 2 N–H and O–H groups in total. The van der Waals surface area contributed by atoms with Gasteiger partial charge in [-0.05, 0) is 33.6 Å². The van der Waals surface area contributed by atoms with Crippen LogP contribution in [0.4, 0.5) is 0 Å². The second kappa shape index (κ2) is 18.7. The molecule has 0 amide bonds. The lowest BCUT2D eigenvalue weighted by Gasteiger charge is -1.91. The van der Waals surface area contributed by atoms with Gasteiger partial charge in [-0.25, -0.2) is 14.4 Å². The van der Waals surface area contributed by atoms with Crippen molar-refractivity contribution in [3.63, 3.8) is 0 Å². The van der Waals surface area contributed by atoms with Crippen LogP contribution in [0, 0.1) is 0 Å². The van der Waals surface area contributed by atoms with Crippen molar-refractivity contribution in [3.05, 3.63) is 48.1 Å². The van der Waals surface area contributed by atoms with Gasteiger partial charge in [-0.1, -0.05) is 44.6 Å². The number of unbranched alkanes of at least 4 members (excludes halogenated alkanes) is 2. The van der Waals surface area contributed by atoms with E-state index in [9.17, 15) is 14.4 Å². The molecule has 148 valence electrons. The SMILES string of the molecule is C=C(C)C(=O)OC.C=CCC=C(C)C(=O)O.CCCCC=C(C)C(=O)O. The Morgan fingerprint density at radius 1 is 1.00 bits per heavy atom. The van der Waals surface area contributed by atoms with Gasteiger partial charge < -0.3 is 14.9 Å². The minimum atomic E-state index is -0.864. The summed E-state index contributed by atoms with van der Waals surface area (Å²) in [5.41, 5.74) is 1.26. The number of aliphatic carboxylic acids is 2. The van der Waals surface area contributed by atoms with Gasteiger partial charge in [-0.15, -0.1) is 6.58 Å². The van der Waals surface area contributed by atoms with E-state index in [0.717, 1.165) is 19.3 Å². The molecule has 0 radical (unpaired) electrons. The standard InChI is InChI=1S/C8H14O2.C7H10O2.C5H8O2/c1-3-4-5-6-7(2)8(9)10;1-3-4-5-6(2)7(8)9;1-4(2)5(6)7-3/h6H,3-5H2,1-2H3,(H,9,10);3,5H,1,4H2,2H3,(H,8,9);1H2,2-3H3. The highest BCUT2D eigenvalue weighted by Gasteiger charge is 1.97. The highest BCUT2D eigenvalue weighted by Crippen LogP contribution is 2.00. The number of esters is 1. The Bertz CT molecular complexity index is 526. The summed E-state index contributed by atoms with van der Waals surface area (Å²) in [5, 5.41) is 16.7. The molecule has 6 heteroatoms. The molecule has 26 heavy (non-hydrogen) atoms. The largest absolute Gasteiger partial charge is 0.478 e. The number of carbonyl (C=O) groups is 3. The smallest absolute Gasteiger partial charge is 0.332 e. The third-order valence-corrected chi connectivity index (χ3v) is 2.81. The molecule has 0 saturated heterocycles. The molecule has 0 atom stereocenters. The summed E-state index contributed by atoms with van der Waals surface area (Å²) in [6.45, 7) is 13.7. The number of rotatable bonds is 8. The lowest BCUT2D eigenvalue weighted by Crippen LogP contribution is -1.98. The van der Waals surface area contributed by atoms with Gasteiger partial charge in [0.05, 0.1) is 7.11 Å². The second-order valence-corrected chi connectivity index (χ2v) is 5.32. The van der Waals surface area contributed by atoms with Gasteiger partial charge >= 0.3 is 17.9 Å². The Morgan fingerprint density at radius 3 is 1.73 bits per heavy atom. The molecule has 0 aromatic rings. The second-order valence-electron chi connectivity index (χ2n) is 5.32. The zero-order valence-corrected chi connectivity index (χ0v) is 16.5. The van der Waals surface area contributed by atoms with E-state index >= 15 is 0 Å². The van der Waals surface area contributed by atoms with Crippen LogP contribution in [0.3, 0.4) is 0 Å². The van der Waals surface area contributed by atoms with Crippen molar-refractivity contribution in [2.45, 2.75) is 53.4 Å². The van der Waals surface area contributed by atoms with Crippen molar-refractivity contribution in [2.24, 2.45) is 0 Å². The monoisotopic (exact) mass is 368 g/mol. The molecular weight excluding hydrogens is 336 g/mol. The fraction of sp³-hybridized carbons (Fsp3) is 0.450. The molecule has 0 unspecified atom stereocenters. The van der Waals surface area contributed by atoms with E-state index in [1.165, 1.54) is 7.11 Å². The molecule has 0 aromatic carbocycles. The van der Waals surface area contributed by atoms with Crippen molar-refractivity contribution in [1.29, 1.82) is 0 Å². The first-order chi connectivity index (χ1) is 12.0. The molecule has 0 bridgehead atoms. The van der Waals surface area contributed by atoms with Gasteiger partial charge in [0.2, 0.25) is 0 Å². The van der Waals surface area contributed by atoms with E-state index in [1.54, 1.807) is 39.0 Å². The van der Waals surface area contributed by atoms with E-state index < -0.39 is 11.9 Å². The average molecular weight is 368 g/mol. The van der Waals surface area contributed by atoms with Gasteiger partial charge in [0.1, 0.15) is 0 Å². The van der Waals surface area contributed by atoms with Crippen molar-refractivity contribution in [2.75, 3.05) is 7.11 Å². The van der Waals surface area contributed by atoms with Crippen LogP contribution in [0.5, 0.6) is 0 Å². The van der Waals surface area contributed by atoms with Gasteiger partial charge in [0.25, 0.3) is 0 Å². The molecule has 0 aliphatic rings. The number of methoxy groups -OCH3 is 1. The minimum Gasteiger partial charge on any atom is -0.478 e. The predicted octanol–water partition coefficient (Wildman–Crippen LogP) is 4.54. The average Bonchev–Trinajstić information content (AvgIpc) is 2.59. The van der Waals surface area contributed by atoms with E-state index in [2.05, 4.69) is 24.8 Å². The molecule has 6 nitrogen and oxygen atoms in total. The molecular formula is C20H32O6. The number of carboxylic acids is 2. The highest BCUT2D eigenvalue weighted by molar-refractivity contribution is 5.87. The predicted molar refractivity (Wildman–Crippen MR) is 104 cm³/mol. The first-order valence-corrected chi connectivity index (χ1v) is 8.19. The van der Waals surface area contributed by atoms with Gasteiger partial charge in [0.15, 0.2) is 0 Å². The van der Waals surface area contributed by atoms with E-state index in [0.29, 0.717) is 23.1 Å². The molecule has 0 aliphatic heterocycles. The van der Waals surface area contributed by atoms with Crippen LogP contribution >= 0.6 is 0 Å².